The molecule has 4 heteroatoms. The third-order valence-corrected chi connectivity index (χ3v) is 3.26. The van der Waals surface area contributed by atoms with Crippen molar-refractivity contribution in [3.05, 3.63) is 35.4 Å². The van der Waals surface area contributed by atoms with Gasteiger partial charge in [-0.2, -0.15) is 0 Å². The first-order valence-electron chi connectivity index (χ1n) is 6.66. The van der Waals surface area contributed by atoms with Crippen molar-refractivity contribution >= 4 is 5.91 Å². The van der Waals surface area contributed by atoms with Gasteiger partial charge in [0.05, 0.1) is 0 Å². The Hall–Kier alpha value is -1.39. The summed E-state index contributed by atoms with van der Waals surface area (Å²) in [6.45, 7) is 5.13. The van der Waals surface area contributed by atoms with Gasteiger partial charge < -0.3 is 16.0 Å². The smallest absolute Gasteiger partial charge is 0.224 e. The predicted octanol–water partition coefficient (Wildman–Crippen LogP) is 1.35. The van der Waals surface area contributed by atoms with E-state index in [0.717, 1.165) is 12.1 Å². The van der Waals surface area contributed by atoms with Crippen molar-refractivity contribution in [2.24, 2.45) is 11.7 Å². The van der Waals surface area contributed by atoms with E-state index in [4.69, 9.17) is 5.73 Å². The Labute approximate surface area is 116 Å². The average molecular weight is 263 g/mol. The van der Waals surface area contributed by atoms with Crippen LogP contribution >= 0.6 is 0 Å². The van der Waals surface area contributed by atoms with Crippen LogP contribution in [0.3, 0.4) is 0 Å². The summed E-state index contributed by atoms with van der Waals surface area (Å²) < 4.78 is 0. The van der Waals surface area contributed by atoms with Gasteiger partial charge in [0.2, 0.25) is 5.91 Å². The first kappa shape index (κ1) is 15.7. The molecule has 19 heavy (non-hydrogen) atoms. The fourth-order valence-electron chi connectivity index (χ4n) is 1.81. The Morgan fingerprint density at radius 2 is 1.84 bits per heavy atom. The van der Waals surface area contributed by atoms with Crippen LogP contribution in [0.1, 0.15) is 25.0 Å². The molecule has 0 aliphatic rings. The minimum Gasteiger partial charge on any atom is -0.352 e. The lowest BCUT2D eigenvalue weighted by Crippen LogP contribution is -2.38. The van der Waals surface area contributed by atoms with E-state index in [1.54, 1.807) is 0 Å². The molecule has 4 nitrogen and oxygen atoms in total. The van der Waals surface area contributed by atoms with Crippen molar-refractivity contribution in [1.29, 1.82) is 0 Å². The van der Waals surface area contributed by atoms with Gasteiger partial charge in [0, 0.05) is 25.0 Å². The lowest BCUT2D eigenvalue weighted by Gasteiger charge is -2.17. The van der Waals surface area contributed by atoms with Gasteiger partial charge in [0.15, 0.2) is 0 Å². The lowest BCUT2D eigenvalue weighted by atomic mass is 10.0. The SMILES string of the molecule is CC(N)C(C)C(=O)NCc1ccccc1CN(C)C. The summed E-state index contributed by atoms with van der Waals surface area (Å²) in [6.07, 6.45) is 0. The molecule has 3 N–H and O–H groups in total. The number of rotatable bonds is 6. The van der Waals surface area contributed by atoms with Gasteiger partial charge >= 0.3 is 0 Å². The van der Waals surface area contributed by atoms with Crippen LogP contribution in [0, 0.1) is 5.92 Å². The second-order valence-corrected chi connectivity index (χ2v) is 5.37. The number of carbonyl (C=O) groups excluding carboxylic acids is 1. The van der Waals surface area contributed by atoms with Gasteiger partial charge in [-0.1, -0.05) is 31.2 Å². The molecular formula is C15H25N3O. The molecule has 0 saturated carbocycles. The van der Waals surface area contributed by atoms with Crippen molar-refractivity contribution in [3.63, 3.8) is 0 Å². The number of benzene rings is 1. The zero-order valence-corrected chi connectivity index (χ0v) is 12.3. The van der Waals surface area contributed by atoms with Crippen molar-refractivity contribution in [2.75, 3.05) is 14.1 Å². The van der Waals surface area contributed by atoms with Crippen LogP contribution in [0.15, 0.2) is 24.3 Å². The van der Waals surface area contributed by atoms with Crippen LogP contribution in [0.4, 0.5) is 0 Å². The van der Waals surface area contributed by atoms with Crippen LogP contribution in [0.5, 0.6) is 0 Å². The van der Waals surface area contributed by atoms with E-state index >= 15 is 0 Å². The van der Waals surface area contributed by atoms with Crippen LogP contribution in [-0.2, 0) is 17.9 Å². The van der Waals surface area contributed by atoms with Gasteiger partial charge in [-0.15, -0.1) is 0 Å². The molecule has 0 radical (unpaired) electrons. The molecule has 0 saturated heterocycles. The first-order valence-corrected chi connectivity index (χ1v) is 6.66. The first-order chi connectivity index (χ1) is 8.91. The molecule has 1 rings (SSSR count). The maximum Gasteiger partial charge on any atom is 0.224 e. The molecule has 1 amide bonds. The maximum absolute atomic E-state index is 11.9. The van der Waals surface area contributed by atoms with Gasteiger partial charge in [-0.25, -0.2) is 0 Å². The summed E-state index contributed by atoms with van der Waals surface area (Å²) in [7, 11) is 4.07. The highest BCUT2D eigenvalue weighted by atomic mass is 16.1. The highest BCUT2D eigenvalue weighted by Crippen LogP contribution is 2.11. The monoisotopic (exact) mass is 263 g/mol. The molecule has 0 heterocycles. The maximum atomic E-state index is 11.9. The summed E-state index contributed by atoms with van der Waals surface area (Å²) in [5, 5.41) is 2.96. The predicted molar refractivity (Wildman–Crippen MR) is 78.5 cm³/mol. The van der Waals surface area contributed by atoms with E-state index in [-0.39, 0.29) is 17.9 Å². The summed E-state index contributed by atoms with van der Waals surface area (Å²) in [5.41, 5.74) is 8.13. The Kier molecular flexibility index (Phi) is 5.99. The summed E-state index contributed by atoms with van der Waals surface area (Å²) in [4.78, 5) is 14.0. The second-order valence-electron chi connectivity index (χ2n) is 5.37. The number of hydrogen-bond donors (Lipinski definition) is 2. The van der Waals surface area contributed by atoms with Gasteiger partial charge in [0.1, 0.15) is 0 Å². The topological polar surface area (TPSA) is 58.4 Å². The number of nitrogens with zero attached hydrogens (tertiary/aromatic N) is 1. The Bertz CT molecular complexity index is 416. The third kappa shape index (κ3) is 5.01. The summed E-state index contributed by atoms with van der Waals surface area (Å²) >= 11 is 0. The highest BCUT2D eigenvalue weighted by molar-refractivity contribution is 5.78. The van der Waals surface area contributed by atoms with E-state index in [9.17, 15) is 4.79 Å². The largest absolute Gasteiger partial charge is 0.352 e. The van der Waals surface area contributed by atoms with Gasteiger partial charge in [-0.3, -0.25) is 4.79 Å². The molecule has 2 unspecified atom stereocenters. The molecule has 0 aliphatic heterocycles. The average Bonchev–Trinajstić information content (AvgIpc) is 2.35. The Morgan fingerprint density at radius 3 is 2.37 bits per heavy atom. The minimum absolute atomic E-state index is 0.00894. The van der Waals surface area contributed by atoms with Crippen LogP contribution in [0.2, 0.25) is 0 Å². The number of nitrogens with one attached hydrogen (secondary N) is 1. The zero-order chi connectivity index (χ0) is 14.4. The number of nitrogens with two attached hydrogens (primary N) is 1. The molecule has 0 aliphatic carbocycles. The normalized spacial score (nSPS) is 14.2. The van der Waals surface area contributed by atoms with Crippen molar-refractivity contribution in [2.45, 2.75) is 33.0 Å². The lowest BCUT2D eigenvalue weighted by molar-refractivity contribution is -0.125. The minimum atomic E-state index is -0.166. The molecular weight excluding hydrogens is 238 g/mol. The molecule has 0 spiro atoms. The van der Waals surface area contributed by atoms with Gasteiger partial charge in [0.25, 0.3) is 0 Å². The van der Waals surface area contributed by atoms with Crippen molar-refractivity contribution in [1.82, 2.24) is 10.2 Å². The molecule has 0 fully saturated rings. The number of carbonyl (C=O) groups is 1. The van der Waals surface area contributed by atoms with E-state index in [2.05, 4.69) is 22.3 Å². The zero-order valence-electron chi connectivity index (χ0n) is 12.3. The van der Waals surface area contributed by atoms with E-state index in [1.165, 1.54) is 5.56 Å². The Morgan fingerprint density at radius 1 is 1.26 bits per heavy atom. The molecule has 106 valence electrons. The molecule has 0 aromatic heterocycles. The molecule has 0 bridgehead atoms. The Balaban J connectivity index is 2.65. The third-order valence-electron chi connectivity index (χ3n) is 3.26. The van der Waals surface area contributed by atoms with E-state index < -0.39 is 0 Å². The number of amides is 1. The fourth-order valence-corrected chi connectivity index (χ4v) is 1.81. The van der Waals surface area contributed by atoms with Crippen LogP contribution in [-0.4, -0.2) is 30.9 Å². The van der Waals surface area contributed by atoms with Crippen molar-refractivity contribution in [3.8, 4) is 0 Å². The summed E-state index contributed by atoms with van der Waals surface area (Å²) in [5.74, 6) is -0.157. The van der Waals surface area contributed by atoms with Gasteiger partial charge in [-0.05, 0) is 32.1 Å². The van der Waals surface area contributed by atoms with Crippen LogP contribution < -0.4 is 11.1 Å². The van der Waals surface area contributed by atoms with Crippen LogP contribution in [0.25, 0.3) is 0 Å². The number of hydrogen-bond acceptors (Lipinski definition) is 3. The summed E-state index contributed by atoms with van der Waals surface area (Å²) in [6, 6.07) is 8.04. The molecule has 1 aromatic carbocycles. The molecule has 1 aromatic rings. The second kappa shape index (κ2) is 7.26. The quantitative estimate of drug-likeness (QED) is 0.814. The standard InChI is InChI=1S/C15H25N3O/c1-11(12(2)16)15(19)17-9-13-7-5-6-8-14(13)10-18(3)4/h5-8,11-12H,9-10,16H2,1-4H3,(H,17,19). The van der Waals surface area contributed by atoms with E-state index in [0.29, 0.717) is 6.54 Å². The van der Waals surface area contributed by atoms with E-state index in [1.807, 2.05) is 40.1 Å². The highest BCUT2D eigenvalue weighted by Gasteiger charge is 2.16. The molecule has 2 atom stereocenters. The van der Waals surface area contributed by atoms with Crippen molar-refractivity contribution < 1.29 is 4.79 Å². The fraction of sp³-hybridized carbons (Fsp3) is 0.533.